The highest BCUT2D eigenvalue weighted by molar-refractivity contribution is 7.86. The maximum atomic E-state index is 14.6. The molecule has 0 atom stereocenters. The highest BCUT2D eigenvalue weighted by Gasteiger charge is 2.51. The van der Waals surface area contributed by atoms with Crippen LogP contribution in [0.1, 0.15) is 5.56 Å². The molecule has 100 valence electrons. The molecule has 0 saturated carbocycles. The summed E-state index contributed by atoms with van der Waals surface area (Å²) < 4.78 is 42.6. The number of methoxy groups -OCH3 is 1. The minimum Gasteiger partial charge on any atom is -0.496 e. The van der Waals surface area contributed by atoms with Gasteiger partial charge in [-0.15, -0.1) is 0 Å². The average Bonchev–Trinajstić information content (AvgIpc) is 2.23. The molecule has 1 heterocycles. The van der Waals surface area contributed by atoms with Crippen LogP contribution < -0.4 is 9.88 Å². The Morgan fingerprint density at radius 2 is 2.11 bits per heavy atom. The topological polar surface area (TPSA) is 72.6 Å². The van der Waals surface area contributed by atoms with E-state index in [1.165, 1.54) is 13.2 Å². The first kappa shape index (κ1) is 13.5. The number of benzene rings is 1. The lowest BCUT2D eigenvalue weighted by Crippen LogP contribution is -2.60. The van der Waals surface area contributed by atoms with Gasteiger partial charge in [-0.2, -0.15) is 12.7 Å². The molecular weight excluding hydrogens is 283 g/mol. The van der Waals surface area contributed by atoms with E-state index in [2.05, 4.69) is 0 Å². The van der Waals surface area contributed by atoms with E-state index in [-0.39, 0.29) is 23.7 Å². The fraction of sp³-hybridized carbons (Fsp3) is 0.400. The van der Waals surface area contributed by atoms with Crippen molar-refractivity contribution in [3.8, 4) is 5.75 Å². The second kappa shape index (κ2) is 4.34. The zero-order chi connectivity index (χ0) is 13.6. The minimum atomic E-state index is -3.87. The molecule has 18 heavy (non-hydrogen) atoms. The third kappa shape index (κ3) is 2.18. The Morgan fingerprint density at radius 1 is 1.50 bits per heavy atom. The largest absolute Gasteiger partial charge is 0.496 e. The van der Waals surface area contributed by atoms with E-state index in [0.717, 1.165) is 4.31 Å². The second-order valence-corrected chi connectivity index (χ2v) is 6.05. The van der Waals surface area contributed by atoms with Crippen LogP contribution in [0.25, 0.3) is 0 Å². The van der Waals surface area contributed by atoms with Crippen LogP contribution in [0.3, 0.4) is 0 Å². The smallest absolute Gasteiger partial charge is 0.277 e. The van der Waals surface area contributed by atoms with E-state index in [4.69, 9.17) is 21.5 Å². The van der Waals surface area contributed by atoms with Gasteiger partial charge >= 0.3 is 0 Å². The molecule has 0 radical (unpaired) electrons. The van der Waals surface area contributed by atoms with Gasteiger partial charge in [-0.3, -0.25) is 0 Å². The number of nitrogens with zero attached hydrogens (tertiary/aromatic N) is 1. The molecular formula is C10H12ClFN2O3S. The number of hydrogen-bond donors (Lipinski definition) is 1. The molecule has 8 heteroatoms. The normalized spacial score (nSPS) is 19.3. The van der Waals surface area contributed by atoms with Crippen molar-refractivity contribution in [2.75, 3.05) is 20.2 Å². The number of rotatable bonds is 3. The van der Waals surface area contributed by atoms with Crippen LogP contribution in [0.5, 0.6) is 5.75 Å². The monoisotopic (exact) mass is 294 g/mol. The van der Waals surface area contributed by atoms with Crippen molar-refractivity contribution in [3.63, 3.8) is 0 Å². The third-order valence-electron chi connectivity index (χ3n) is 2.86. The highest BCUT2D eigenvalue weighted by Crippen LogP contribution is 2.44. The summed E-state index contributed by atoms with van der Waals surface area (Å²) in [7, 11) is -2.47. The van der Waals surface area contributed by atoms with Crippen LogP contribution in [-0.4, -0.2) is 32.9 Å². The van der Waals surface area contributed by atoms with Crippen LogP contribution in [0, 0.1) is 0 Å². The van der Waals surface area contributed by atoms with Gasteiger partial charge in [-0.25, -0.2) is 9.53 Å². The van der Waals surface area contributed by atoms with Crippen LogP contribution >= 0.6 is 11.6 Å². The Kier molecular flexibility index (Phi) is 3.26. The Balaban J connectivity index is 2.35. The second-order valence-electron chi connectivity index (χ2n) is 4.10. The average molecular weight is 295 g/mol. The summed E-state index contributed by atoms with van der Waals surface area (Å²) in [5, 5.41) is 5.12. The fourth-order valence-corrected chi connectivity index (χ4v) is 3.06. The van der Waals surface area contributed by atoms with Gasteiger partial charge in [-0.1, -0.05) is 17.7 Å². The first-order valence-electron chi connectivity index (χ1n) is 5.08. The number of ether oxygens (including phenoxy) is 1. The number of hydrogen-bond acceptors (Lipinski definition) is 3. The lowest BCUT2D eigenvalue weighted by molar-refractivity contribution is 0.0160. The van der Waals surface area contributed by atoms with Crippen molar-refractivity contribution in [3.05, 3.63) is 28.8 Å². The van der Waals surface area contributed by atoms with E-state index in [9.17, 15) is 12.8 Å². The van der Waals surface area contributed by atoms with E-state index < -0.39 is 15.9 Å². The molecule has 1 aromatic carbocycles. The molecule has 1 aliphatic heterocycles. The van der Waals surface area contributed by atoms with Gasteiger partial charge in [0.05, 0.1) is 30.8 Å². The van der Waals surface area contributed by atoms with Gasteiger partial charge in [0.15, 0.2) is 5.67 Å². The quantitative estimate of drug-likeness (QED) is 0.905. The predicted molar refractivity (Wildman–Crippen MR) is 65.5 cm³/mol. The molecule has 1 fully saturated rings. The summed E-state index contributed by atoms with van der Waals surface area (Å²) >= 11 is 5.95. The summed E-state index contributed by atoms with van der Waals surface area (Å²) in [6, 6.07) is 4.73. The van der Waals surface area contributed by atoms with Crippen molar-refractivity contribution >= 4 is 21.8 Å². The van der Waals surface area contributed by atoms with Crippen molar-refractivity contribution in [2.24, 2.45) is 5.14 Å². The molecule has 0 spiro atoms. The van der Waals surface area contributed by atoms with Gasteiger partial charge < -0.3 is 4.74 Å². The molecule has 2 N–H and O–H groups in total. The van der Waals surface area contributed by atoms with Crippen molar-refractivity contribution in [1.82, 2.24) is 4.31 Å². The molecule has 1 saturated heterocycles. The van der Waals surface area contributed by atoms with E-state index in [0.29, 0.717) is 5.75 Å². The molecule has 1 aromatic rings. The van der Waals surface area contributed by atoms with Crippen molar-refractivity contribution < 1.29 is 17.5 Å². The highest BCUT2D eigenvalue weighted by atomic mass is 35.5. The van der Waals surface area contributed by atoms with Crippen molar-refractivity contribution in [1.29, 1.82) is 0 Å². The van der Waals surface area contributed by atoms with Gasteiger partial charge in [-0.05, 0) is 12.1 Å². The molecule has 0 aliphatic carbocycles. The van der Waals surface area contributed by atoms with Crippen LogP contribution in [-0.2, 0) is 15.9 Å². The molecule has 1 aliphatic rings. The van der Waals surface area contributed by atoms with Crippen LogP contribution in [0.15, 0.2) is 18.2 Å². The molecule has 0 aromatic heterocycles. The number of nitrogens with two attached hydrogens (primary N) is 1. The summed E-state index contributed by atoms with van der Waals surface area (Å²) in [6.07, 6.45) is 0. The Hall–Kier alpha value is -0.890. The van der Waals surface area contributed by atoms with E-state index >= 15 is 0 Å². The summed E-state index contributed by atoms with van der Waals surface area (Å²) in [4.78, 5) is 0. The fourth-order valence-electron chi connectivity index (χ4n) is 1.96. The summed E-state index contributed by atoms with van der Waals surface area (Å²) in [5.74, 6) is 0.291. The van der Waals surface area contributed by atoms with Crippen LogP contribution in [0.4, 0.5) is 4.39 Å². The van der Waals surface area contributed by atoms with E-state index in [1.807, 2.05) is 0 Å². The maximum absolute atomic E-state index is 14.6. The molecule has 2 rings (SSSR count). The first-order chi connectivity index (χ1) is 8.28. The third-order valence-corrected chi connectivity index (χ3v) is 4.15. The minimum absolute atomic E-state index is 0.161. The number of alkyl halides is 1. The van der Waals surface area contributed by atoms with Gasteiger partial charge in [0.2, 0.25) is 0 Å². The summed E-state index contributed by atoms with van der Waals surface area (Å²) in [5.41, 5.74) is -1.70. The number of halogens is 2. The van der Waals surface area contributed by atoms with Crippen LogP contribution in [0.2, 0.25) is 5.02 Å². The standard InChI is InChI=1S/C10H12ClFN2O3S/c1-17-8-4-2-3-7(11)9(8)10(12)5-14(6-10)18(13,15)16/h2-4H,5-6H2,1H3,(H2,13,15,16). The zero-order valence-electron chi connectivity index (χ0n) is 9.56. The van der Waals surface area contributed by atoms with Gasteiger partial charge in [0.25, 0.3) is 10.2 Å². The first-order valence-corrected chi connectivity index (χ1v) is 6.96. The molecule has 0 unspecified atom stereocenters. The molecule has 5 nitrogen and oxygen atoms in total. The maximum Gasteiger partial charge on any atom is 0.277 e. The molecule has 0 amide bonds. The molecule has 0 bridgehead atoms. The predicted octanol–water partition coefficient (Wildman–Crippen LogP) is 1.03. The van der Waals surface area contributed by atoms with Crippen molar-refractivity contribution in [2.45, 2.75) is 5.67 Å². The lowest BCUT2D eigenvalue weighted by Gasteiger charge is -2.43. The lowest BCUT2D eigenvalue weighted by atomic mass is 9.89. The SMILES string of the molecule is COc1cccc(Cl)c1C1(F)CN(S(N)(=O)=O)C1. The Bertz CT molecular complexity index is 572. The zero-order valence-corrected chi connectivity index (χ0v) is 11.1. The Labute approximate surface area is 109 Å². The Morgan fingerprint density at radius 3 is 2.61 bits per heavy atom. The van der Waals surface area contributed by atoms with E-state index in [1.54, 1.807) is 12.1 Å². The van der Waals surface area contributed by atoms with Gasteiger partial charge in [0.1, 0.15) is 5.75 Å². The van der Waals surface area contributed by atoms with Gasteiger partial charge in [0, 0.05) is 0 Å². The summed E-state index contributed by atoms with van der Waals surface area (Å²) in [6.45, 7) is -0.710.